The zero-order valence-corrected chi connectivity index (χ0v) is 11.0. The average Bonchev–Trinajstić information content (AvgIpc) is 3.08. The summed E-state index contributed by atoms with van der Waals surface area (Å²) >= 11 is 0. The smallest absolute Gasteiger partial charge is 0.270 e. The van der Waals surface area contributed by atoms with E-state index in [-0.39, 0.29) is 11.5 Å². The number of H-pyrrole nitrogens is 1. The molecule has 2 saturated heterocycles. The van der Waals surface area contributed by atoms with E-state index >= 15 is 0 Å². The highest BCUT2D eigenvalue weighted by Crippen LogP contribution is 2.21. The molecule has 0 spiro atoms. The van der Waals surface area contributed by atoms with E-state index in [1.54, 1.807) is 12.1 Å². The van der Waals surface area contributed by atoms with Gasteiger partial charge in [0.2, 0.25) is 5.56 Å². The first-order valence-electron chi connectivity index (χ1n) is 6.97. The molecule has 5 heteroatoms. The molecule has 2 fully saturated rings. The van der Waals surface area contributed by atoms with E-state index in [1.807, 2.05) is 4.90 Å². The molecule has 0 aromatic carbocycles. The first-order chi connectivity index (χ1) is 9.24. The second-order valence-electron chi connectivity index (χ2n) is 5.37. The Morgan fingerprint density at radius 2 is 2.00 bits per heavy atom. The topological polar surface area (TPSA) is 56.4 Å². The summed E-state index contributed by atoms with van der Waals surface area (Å²) in [6.07, 6.45) is 3.59. The van der Waals surface area contributed by atoms with E-state index in [0.29, 0.717) is 11.7 Å². The van der Waals surface area contributed by atoms with Crippen molar-refractivity contribution in [3.63, 3.8) is 0 Å². The number of amides is 1. The van der Waals surface area contributed by atoms with Gasteiger partial charge in [0, 0.05) is 25.2 Å². The summed E-state index contributed by atoms with van der Waals surface area (Å²) in [4.78, 5) is 30.5. The van der Waals surface area contributed by atoms with Crippen molar-refractivity contribution in [2.75, 3.05) is 26.2 Å². The summed E-state index contributed by atoms with van der Waals surface area (Å²) in [6.45, 7) is 3.90. The van der Waals surface area contributed by atoms with Gasteiger partial charge >= 0.3 is 0 Å². The molecule has 3 heterocycles. The molecule has 3 rings (SSSR count). The van der Waals surface area contributed by atoms with Crippen LogP contribution in [0.1, 0.15) is 29.8 Å². The molecule has 5 nitrogen and oxygen atoms in total. The van der Waals surface area contributed by atoms with Gasteiger partial charge in [0.05, 0.1) is 0 Å². The van der Waals surface area contributed by atoms with Crippen LogP contribution in [0.5, 0.6) is 0 Å². The van der Waals surface area contributed by atoms with Gasteiger partial charge in [0.1, 0.15) is 5.69 Å². The van der Waals surface area contributed by atoms with Crippen molar-refractivity contribution in [1.29, 1.82) is 0 Å². The van der Waals surface area contributed by atoms with E-state index in [9.17, 15) is 9.59 Å². The minimum atomic E-state index is -0.221. The lowest BCUT2D eigenvalue weighted by atomic mass is 10.2. The van der Waals surface area contributed by atoms with Crippen molar-refractivity contribution in [1.82, 2.24) is 14.8 Å². The molecule has 1 N–H and O–H groups in total. The van der Waals surface area contributed by atoms with Crippen LogP contribution < -0.4 is 5.56 Å². The fourth-order valence-corrected chi connectivity index (χ4v) is 3.07. The number of nitrogens with zero attached hydrogens (tertiary/aromatic N) is 2. The van der Waals surface area contributed by atoms with Crippen LogP contribution in [0.3, 0.4) is 0 Å². The minimum Gasteiger partial charge on any atom is -0.336 e. The predicted molar refractivity (Wildman–Crippen MR) is 72.2 cm³/mol. The van der Waals surface area contributed by atoms with Gasteiger partial charge in [0.15, 0.2) is 0 Å². The maximum Gasteiger partial charge on any atom is 0.270 e. The third-order valence-corrected chi connectivity index (χ3v) is 4.11. The first-order valence-corrected chi connectivity index (χ1v) is 6.97. The van der Waals surface area contributed by atoms with Crippen molar-refractivity contribution in [3.05, 3.63) is 34.2 Å². The van der Waals surface area contributed by atoms with Crippen LogP contribution in [0.25, 0.3) is 0 Å². The monoisotopic (exact) mass is 261 g/mol. The third-order valence-electron chi connectivity index (χ3n) is 4.11. The molecule has 1 atom stereocenters. The Labute approximate surface area is 112 Å². The number of aromatic nitrogens is 1. The van der Waals surface area contributed by atoms with Crippen molar-refractivity contribution in [2.45, 2.75) is 25.3 Å². The molecule has 0 saturated carbocycles. The quantitative estimate of drug-likeness (QED) is 0.852. The molecule has 2 aliphatic rings. The zero-order chi connectivity index (χ0) is 13.2. The molecule has 1 aromatic rings. The van der Waals surface area contributed by atoms with E-state index in [2.05, 4.69) is 9.88 Å². The van der Waals surface area contributed by atoms with Gasteiger partial charge < -0.3 is 9.88 Å². The second-order valence-corrected chi connectivity index (χ2v) is 5.37. The van der Waals surface area contributed by atoms with Crippen LogP contribution in [0.2, 0.25) is 0 Å². The summed E-state index contributed by atoms with van der Waals surface area (Å²) in [5, 5.41) is 0. The van der Waals surface area contributed by atoms with Crippen LogP contribution in [-0.4, -0.2) is 52.9 Å². The number of carbonyl (C=O) groups excluding carboxylic acids is 1. The summed E-state index contributed by atoms with van der Waals surface area (Å²) in [7, 11) is 0. The highest BCUT2D eigenvalue weighted by molar-refractivity contribution is 5.92. The standard InChI is InChI=1S/C14H19N3O2/c18-13-5-3-4-12(15-13)14(19)17-9-6-11(10-17)16-7-1-2-8-16/h3-5,11H,1-2,6-10H2,(H,15,18). The Hall–Kier alpha value is -1.62. The summed E-state index contributed by atoms with van der Waals surface area (Å²) in [5.74, 6) is -0.0561. The number of rotatable bonds is 2. The molecule has 19 heavy (non-hydrogen) atoms. The molecule has 0 aliphatic carbocycles. The molecule has 102 valence electrons. The third kappa shape index (κ3) is 2.56. The lowest BCUT2D eigenvalue weighted by Gasteiger charge is -2.23. The van der Waals surface area contributed by atoms with Crippen LogP contribution in [0.15, 0.2) is 23.0 Å². The molecule has 0 bridgehead atoms. The molecular formula is C14H19N3O2. The van der Waals surface area contributed by atoms with Crippen LogP contribution in [0, 0.1) is 0 Å². The largest absolute Gasteiger partial charge is 0.336 e. The van der Waals surface area contributed by atoms with Crippen molar-refractivity contribution in [3.8, 4) is 0 Å². The van der Waals surface area contributed by atoms with Crippen molar-refractivity contribution < 1.29 is 4.79 Å². The first kappa shape index (κ1) is 12.4. The van der Waals surface area contributed by atoms with Gasteiger partial charge in [-0.05, 0) is 38.4 Å². The van der Waals surface area contributed by atoms with Crippen molar-refractivity contribution >= 4 is 5.91 Å². The summed E-state index contributed by atoms with van der Waals surface area (Å²) in [5.41, 5.74) is 0.177. The Morgan fingerprint density at radius 3 is 2.74 bits per heavy atom. The lowest BCUT2D eigenvalue weighted by Crippen LogP contribution is -2.37. The Balaban J connectivity index is 1.67. The Bertz CT molecular complexity index is 519. The number of nitrogens with one attached hydrogen (secondary N) is 1. The maximum atomic E-state index is 12.3. The SMILES string of the molecule is O=C(c1cccc(=O)[nH]1)N1CCC(N2CCCC2)C1. The second kappa shape index (κ2) is 5.17. The Morgan fingerprint density at radius 1 is 1.21 bits per heavy atom. The van der Waals surface area contributed by atoms with Gasteiger partial charge in [0.25, 0.3) is 5.91 Å². The molecule has 1 amide bonds. The highest BCUT2D eigenvalue weighted by Gasteiger charge is 2.32. The van der Waals surface area contributed by atoms with Crippen LogP contribution in [0.4, 0.5) is 0 Å². The van der Waals surface area contributed by atoms with E-state index in [1.165, 1.54) is 18.9 Å². The number of likely N-dealkylation sites (tertiary alicyclic amines) is 2. The number of hydrogen-bond acceptors (Lipinski definition) is 3. The fourth-order valence-electron chi connectivity index (χ4n) is 3.07. The Kier molecular flexibility index (Phi) is 3.38. The average molecular weight is 261 g/mol. The van der Waals surface area contributed by atoms with Gasteiger partial charge in [-0.3, -0.25) is 14.5 Å². The van der Waals surface area contributed by atoms with E-state index < -0.39 is 0 Å². The molecular weight excluding hydrogens is 242 g/mol. The molecule has 1 unspecified atom stereocenters. The fraction of sp³-hybridized carbons (Fsp3) is 0.571. The van der Waals surface area contributed by atoms with Crippen LogP contribution >= 0.6 is 0 Å². The number of aromatic amines is 1. The molecule has 2 aliphatic heterocycles. The lowest BCUT2D eigenvalue weighted by molar-refractivity contribution is 0.0774. The van der Waals surface area contributed by atoms with Crippen LogP contribution in [-0.2, 0) is 0 Å². The summed E-state index contributed by atoms with van der Waals surface area (Å²) in [6, 6.07) is 5.22. The number of pyridine rings is 1. The minimum absolute atomic E-state index is 0.0561. The summed E-state index contributed by atoms with van der Waals surface area (Å²) < 4.78 is 0. The van der Waals surface area contributed by atoms with Crippen molar-refractivity contribution in [2.24, 2.45) is 0 Å². The van der Waals surface area contributed by atoms with E-state index in [0.717, 1.165) is 32.6 Å². The van der Waals surface area contributed by atoms with Gasteiger partial charge in [-0.25, -0.2) is 0 Å². The van der Waals surface area contributed by atoms with E-state index in [4.69, 9.17) is 0 Å². The number of carbonyl (C=O) groups is 1. The molecule has 1 aromatic heterocycles. The maximum absolute atomic E-state index is 12.3. The van der Waals surface area contributed by atoms with Gasteiger partial charge in [-0.15, -0.1) is 0 Å². The zero-order valence-electron chi connectivity index (χ0n) is 11.0. The normalized spacial score (nSPS) is 24.0. The molecule has 0 radical (unpaired) electrons. The highest BCUT2D eigenvalue weighted by atomic mass is 16.2. The van der Waals surface area contributed by atoms with Gasteiger partial charge in [-0.2, -0.15) is 0 Å². The number of hydrogen-bond donors (Lipinski definition) is 1. The van der Waals surface area contributed by atoms with Gasteiger partial charge in [-0.1, -0.05) is 6.07 Å². The predicted octanol–water partition coefficient (Wildman–Crippen LogP) is 0.685.